The minimum absolute atomic E-state index is 0.148. The maximum absolute atomic E-state index is 12.5. The van der Waals surface area contributed by atoms with Crippen LogP contribution in [0.3, 0.4) is 0 Å². The van der Waals surface area contributed by atoms with Crippen LogP contribution in [0.15, 0.2) is 0 Å². The standard InChI is InChI=1S/C15H24N2O2/c1-11-3-2-4-12(11)14(19)17-7-5-15(6-8-17)9-13(18)16-10-15/h11-12H,2-10H2,1H3,(H,16,18). The van der Waals surface area contributed by atoms with Crippen molar-refractivity contribution in [1.29, 1.82) is 0 Å². The largest absolute Gasteiger partial charge is 0.356 e. The van der Waals surface area contributed by atoms with Crippen molar-refractivity contribution in [3.63, 3.8) is 0 Å². The average molecular weight is 264 g/mol. The van der Waals surface area contributed by atoms with E-state index >= 15 is 0 Å². The molecule has 3 rings (SSSR count). The van der Waals surface area contributed by atoms with Crippen molar-refractivity contribution < 1.29 is 9.59 Å². The third-order valence-corrected chi connectivity index (χ3v) is 5.51. The fourth-order valence-corrected chi connectivity index (χ4v) is 4.05. The molecule has 4 nitrogen and oxygen atoms in total. The number of amides is 2. The maximum atomic E-state index is 12.5. The van der Waals surface area contributed by atoms with Crippen molar-refractivity contribution in [2.24, 2.45) is 17.3 Å². The fraction of sp³-hybridized carbons (Fsp3) is 0.867. The van der Waals surface area contributed by atoms with Crippen LogP contribution in [0.25, 0.3) is 0 Å². The average Bonchev–Trinajstić information content (AvgIpc) is 2.97. The van der Waals surface area contributed by atoms with E-state index in [-0.39, 0.29) is 17.2 Å². The summed E-state index contributed by atoms with van der Waals surface area (Å²) in [5.74, 6) is 1.37. The summed E-state index contributed by atoms with van der Waals surface area (Å²) in [6, 6.07) is 0. The summed E-state index contributed by atoms with van der Waals surface area (Å²) in [6.07, 6.45) is 6.11. The van der Waals surface area contributed by atoms with Gasteiger partial charge in [0.05, 0.1) is 0 Å². The van der Waals surface area contributed by atoms with E-state index in [1.54, 1.807) is 0 Å². The Bertz CT molecular complexity index is 386. The van der Waals surface area contributed by atoms with Gasteiger partial charge >= 0.3 is 0 Å². The zero-order valence-corrected chi connectivity index (χ0v) is 11.8. The number of hydrogen-bond acceptors (Lipinski definition) is 2. The molecule has 0 aromatic rings. The lowest BCUT2D eigenvalue weighted by atomic mass is 9.77. The van der Waals surface area contributed by atoms with Crippen molar-refractivity contribution in [2.45, 2.75) is 45.4 Å². The molecule has 3 aliphatic rings. The second-order valence-corrected chi connectivity index (χ2v) is 6.79. The van der Waals surface area contributed by atoms with Crippen LogP contribution in [0.1, 0.15) is 45.4 Å². The molecule has 0 aromatic heterocycles. The Morgan fingerprint density at radius 1 is 1.32 bits per heavy atom. The first-order valence-corrected chi connectivity index (χ1v) is 7.65. The van der Waals surface area contributed by atoms with Crippen LogP contribution >= 0.6 is 0 Å². The summed E-state index contributed by atoms with van der Waals surface area (Å²) < 4.78 is 0. The molecule has 2 aliphatic heterocycles. The zero-order valence-electron chi connectivity index (χ0n) is 11.8. The zero-order chi connectivity index (χ0) is 13.5. The number of nitrogens with zero attached hydrogens (tertiary/aromatic N) is 1. The highest BCUT2D eigenvalue weighted by Crippen LogP contribution is 2.39. The van der Waals surface area contributed by atoms with Gasteiger partial charge in [-0.2, -0.15) is 0 Å². The molecule has 19 heavy (non-hydrogen) atoms. The SMILES string of the molecule is CC1CCCC1C(=O)N1CCC2(CC1)CNC(=O)C2. The lowest BCUT2D eigenvalue weighted by Gasteiger charge is -2.39. The molecule has 0 radical (unpaired) electrons. The molecule has 106 valence electrons. The van der Waals surface area contributed by atoms with Crippen LogP contribution in [0.5, 0.6) is 0 Å². The first-order valence-electron chi connectivity index (χ1n) is 7.65. The molecule has 2 amide bonds. The molecule has 1 aliphatic carbocycles. The summed E-state index contributed by atoms with van der Waals surface area (Å²) in [7, 11) is 0. The Hall–Kier alpha value is -1.06. The Labute approximate surface area is 114 Å². The van der Waals surface area contributed by atoms with Crippen LogP contribution in [0, 0.1) is 17.3 Å². The maximum Gasteiger partial charge on any atom is 0.225 e. The molecule has 2 heterocycles. The Balaban J connectivity index is 1.58. The number of rotatable bonds is 1. The summed E-state index contributed by atoms with van der Waals surface area (Å²) >= 11 is 0. The Kier molecular flexibility index (Phi) is 3.27. The summed E-state index contributed by atoms with van der Waals surface area (Å²) in [6.45, 7) is 4.71. The van der Waals surface area contributed by atoms with Gasteiger partial charge in [-0.1, -0.05) is 13.3 Å². The minimum Gasteiger partial charge on any atom is -0.356 e. The van der Waals surface area contributed by atoms with Crippen LogP contribution in [-0.4, -0.2) is 36.3 Å². The summed E-state index contributed by atoms with van der Waals surface area (Å²) in [5, 5.41) is 2.94. The molecule has 4 heteroatoms. The molecule has 2 atom stereocenters. The third kappa shape index (κ3) is 2.37. The fourth-order valence-electron chi connectivity index (χ4n) is 4.05. The van der Waals surface area contributed by atoms with Crippen molar-refractivity contribution >= 4 is 11.8 Å². The number of hydrogen-bond donors (Lipinski definition) is 1. The van der Waals surface area contributed by atoms with Crippen LogP contribution in [0.4, 0.5) is 0 Å². The number of carbonyl (C=O) groups excluding carboxylic acids is 2. The predicted molar refractivity (Wildman–Crippen MR) is 72.4 cm³/mol. The second kappa shape index (κ2) is 4.80. The normalized spacial score (nSPS) is 33.7. The van der Waals surface area contributed by atoms with Gasteiger partial charge < -0.3 is 10.2 Å². The van der Waals surface area contributed by atoms with E-state index in [1.807, 2.05) is 0 Å². The molecule has 0 aromatic carbocycles. The van der Waals surface area contributed by atoms with Gasteiger partial charge in [-0.05, 0) is 37.0 Å². The van der Waals surface area contributed by atoms with Gasteiger partial charge in [-0.3, -0.25) is 9.59 Å². The van der Waals surface area contributed by atoms with Crippen molar-refractivity contribution in [3.8, 4) is 0 Å². The van der Waals surface area contributed by atoms with E-state index in [4.69, 9.17) is 0 Å². The summed E-state index contributed by atoms with van der Waals surface area (Å²) in [4.78, 5) is 26.0. The van der Waals surface area contributed by atoms with Gasteiger partial charge in [0.25, 0.3) is 0 Å². The molecule has 0 bridgehead atoms. The Morgan fingerprint density at radius 3 is 2.58 bits per heavy atom. The van der Waals surface area contributed by atoms with E-state index in [0.717, 1.165) is 38.9 Å². The molecular weight excluding hydrogens is 240 g/mol. The van der Waals surface area contributed by atoms with Crippen molar-refractivity contribution in [3.05, 3.63) is 0 Å². The lowest BCUT2D eigenvalue weighted by molar-refractivity contribution is -0.138. The molecule has 1 N–H and O–H groups in total. The monoisotopic (exact) mass is 264 g/mol. The Morgan fingerprint density at radius 2 is 2.05 bits per heavy atom. The molecule has 3 fully saturated rings. The van der Waals surface area contributed by atoms with E-state index < -0.39 is 0 Å². The van der Waals surface area contributed by atoms with E-state index in [9.17, 15) is 9.59 Å². The third-order valence-electron chi connectivity index (χ3n) is 5.51. The number of likely N-dealkylation sites (tertiary alicyclic amines) is 1. The van der Waals surface area contributed by atoms with E-state index in [1.165, 1.54) is 12.8 Å². The number of nitrogens with one attached hydrogen (secondary N) is 1. The smallest absolute Gasteiger partial charge is 0.225 e. The first-order chi connectivity index (χ1) is 9.10. The van der Waals surface area contributed by atoms with E-state index in [0.29, 0.717) is 18.2 Å². The molecule has 2 saturated heterocycles. The van der Waals surface area contributed by atoms with Gasteiger partial charge in [0.2, 0.25) is 11.8 Å². The van der Waals surface area contributed by atoms with Gasteiger partial charge in [0.15, 0.2) is 0 Å². The number of piperidine rings is 1. The lowest BCUT2D eigenvalue weighted by Crippen LogP contribution is -2.46. The summed E-state index contributed by atoms with van der Waals surface area (Å²) in [5.41, 5.74) is 0.148. The molecule has 1 spiro atoms. The van der Waals surface area contributed by atoms with Crippen LogP contribution < -0.4 is 5.32 Å². The second-order valence-electron chi connectivity index (χ2n) is 6.79. The van der Waals surface area contributed by atoms with Gasteiger partial charge in [0, 0.05) is 32.0 Å². The van der Waals surface area contributed by atoms with E-state index in [2.05, 4.69) is 17.1 Å². The highest BCUT2D eigenvalue weighted by Gasteiger charge is 2.43. The van der Waals surface area contributed by atoms with Crippen LogP contribution in [-0.2, 0) is 9.59 Å². The number of carbonyl (C=O) groups is 2. The highest BCUT2D eigenvalue weighted by atomic mass is 16.2. The molecule has 2 unspecified atom stereocenters. The van der Waals surface area contributed by atoms with Crippen molar-refractivity contribution in [2.75, 3.05) is 19.6 Å². The van der Waals surface area contributed by atoms with Crippen molar-refractivity contribution in [1.82, 2.24) is 10.2 Å². The van der Waals surface area contributed by atoms with Crippen LogP contribution in [0.2, 0.25) is 0 Å². The highest BCUT2D eigenvalue weighted by molar-refractivity contribution is 5.80. The predicted octanol–water partition coefficient (Wildman–Crippen LogP) is 1.55. The topological polar surface area (TPSA) is 49.4 Å². The molecular formula is C15H24N2O2. The first kappa shape index (κ1) is 12.9. The molecule has 1 saturated carbocycles. The minimum atomic E-state index is 0.148. The van der Waals surface area contributed by atoms with Gasteiger partial charge in [-0.25, -0.2) is 0 Å². The quantitative estimate of drug-likeness (QED) is 0.781. The van der Waals surface area contributed by atoms with Gasteiger partial charge in [0.1, 0.15) is 0 Å². The van der Waals surface area contributed by atoms with Gasteiger partial charge in [-0.15, -0.1) is 0 Å².